The average molecular weight is 476 g/mol. The zero-order valence-electron chi connectivity index (χ0n) is 20.2. The summed E-state index contributed by atoms with van der Waals surface area (Å²) in [6.45, 7) is 2.44. The summed E-state index contributed by atoms with van der Waals surface area (Å²) in [6, 6.07) is 18.7. The minimum Gasteiger partial charge on any atom is -0.497 e. The van der Waals surface area contributed by atoms with Crippen LogP contribution in [0.1, 0.15) is 42.9 Å². The topological polar surface area (TPSA) is 56.8 Å². The van der Waals surface area contributed by atoms with Gasteiger partial charge in [-0.25, -0.2) is 4.39 Å². The Morgan fingerprint density at radius 2 is 1.83 bits per heavy atom. The van der Waals surface area contributed by atoms with E-state index in [2.05, 4.69) is 17.4 Å². The number of esters is 1. The predicted molar refractivity (Wildman–Crippen MR) is 133 cm³/mol. The highest BCUT2D eigenvalue weighted by molar-refractivity contribution is 5.74. The van der Waals surface area contributed by atoms with E-state index in [1.54, 1.807) is 19.2 Å². The quantitative estimate of drug-likeness (QED) is 0.404. The van der Waals surface area contributed by atoms with Crippen molar-refractivity contribution in [2.24, 2.45) is 11.8 Å². The van der Waals surface area contributed by atoms with Crippen molar-refractivity contribution in [3.05, 3.63) is 77.6 Å². The molecule has 0 unspecified atom stereocenters. The third-order valence-corrected chi connectivity index (χ3v) is 7.16. The van der Waals surface area contributed by atoms with Crippen LogP contribution in [0.15, 0.2) is 60.7 Å². The molecular weight excluding hydrogens is 445 g/mol. The molecule has 5 rings (SSSR count). The van der Waals surface area contributed by atoms with E-state index in [9.17, 15) is 9.18 Å². The monoisotopic (exact) mass is 475 g/mol. The Morgan fingerprint density at radius 3 is 2.51 bits per heavy atom. The molecule has 1 N–H and O–H groups in total. The second-order valence-electron chi connectivity index (χ2n) is 9.41. The third-order valence-electron chi connectivity index (χ3n) is 7.16. The van der Waals surface area contributed by atoms with Gasteiger partial charge in [-0.1, -0.05) is 37.3 Å². The van der Waals surface area contributed by atoms with Crippen LogP contribution in [0.25, 0.3) is 11.1 Å². The number of fused-ring (bicyclic) bond motifs is 1. The van der Waals surface area contributed by atoms with Crippen molar-refractivity contribution < 1.29 is 23.4 Å². The van der Waals surface area contributed by atoms with Crippen LogP contribution in [0.4, 0.5) is 10.1 Å². The molecule has 2 aliphatic rings. The van der Waals surface area contributed by atoms with Gasteiger partial charge in [0.1, 0.15) is 23.9 Å². The average Bonchev–Trinajstić information content (AvgIpc) is 3.73. The fourth-order valence-electron chi connectivity index (χ4n) is 5.08. The van der Waals surface area contributed by atoms with Gasteiger partial charge >= 0.3 is 5.97 Å². The molecule has 1 heterocycles. The van der Waals surface area contributed by atoms with Crippen molar-refractivity contribution in [3.8, 4) is 22.6 Å². The van der Waals surface area contributed by atoms with Crippen molar-refractivity contribution in [1.29, 1.82) is 0 Å². The standard InChI is InChI=1S/C29H30FNO4/c1-17(29(32)34-3)28(20-8-9-20)21-10-13-27-25(14-21)31-26(16-35-27)19-6-4-18(5-7-19)23-15-22(33-2)11-12-24(23)30/h4-7,10-15,17,20,26,28,31H,8-9,16H2,1-3H3/t17-,26-,28-/m0/s1. The second-order valence-corrected chi connectivity index (χ2v) is 9.41. The molecule has 1 saturated carbocycles. The molecule has 0 aromatic heterocycles. The minimum absolute atomic E-state index is 0.0423. The van der Waals surface area contributed by atoms with Gasteiger partial charge in [0.2, 0.25) is 0 Å². The molecule has 3 atom stereocenters. The number of hydrogen-bond donors (Lipinski definition) is 1. The van der Waals surface area contributed by atoms with Crippen molar-refractivity contribution in [1.82, 2.24) is 0 Å². The van der Waals surface area contributed by atoms with E-state index in [4.69, 9.17) is 14.2 Å². The van der Waals surface area contributed by atoms with Crippen LogP contribution in [-0.2, 0) is 9.53 Å². The first-order valence-corrected chi connectivity index (χ1v) is 12.0. The number of carbonyl (C=O) groups excluding carboxylic acids is 1. The van der Waals surface area contributed by atoms with Crippen LogP contribution in [0, 0.1) is 17.7 Å². The summed E-state index contributed by atoms with van der Waals surface area (Å²) in [5.41, 5.74) is 4.39. The summed E-state index contributed by atoms with van der Waals surface area (Å²) in [4.78, 5) is 12.3. The van der Waals surface area contributed by atoms with Crippen LogP contribution in [0.3, 0.4) is 0 Å². The van der Waals surface area contributed by atoms with Gasteiger partial charge < -0.3 is 19.5 Å². The van der Waals surface area contributed by atoms with E-state index in [1.165, 1.54) is 13.2 Å². The van der Waals surface area contributed by atoms with Crippen LogP contribution in [0.2, 0.25) is 0 Å². The number of nitrogens with one attached hydrogen (secondary N) is 1. The molecule has 0 bridgehead atoms. The van der Waals surface area contributed by atoms with E-state index in [1.807, 2.05) is 37.3 Å². The zero-order chi connectivity index (χ0) is 24.5. The Kier molecular flexibility index (Phi) is 6.37. The van der Waals surface area contributed by atoms with Crippen molar-refractivity contribution in [2.75, 3.05) is 26.1 Å². The van der Waals surface area contributed by atoms with Crippen molar-refractivity contribution in [3.63, 3.8) is 0 Å². The molecule has 6 heteroatoms. The SMILES string of the molecule is COC(=O)[C@@H](C)[C@H](c1ccc2c(c1)N[C@H](c1ccc(-c3cc(OC)ccc3F)cc1)CO2)C1CC1. The molecular formula is C29H30FNO4. The lowest BCUT2D eigenvalue weighted by Crippen LogP contribution is -2.25. The fraction of sp³-hybridized carbons (Fsp3) is 0.345. The minimum atomic E-state index is -0.287. The lowest BCUT2D eigenvalue weighted by molar-refractivity contribution is -0.145. The highest BCUT2D eigenvalue weighted by atomic mass is 19.1. The third kappa shape index (κ3) is 4.70. The van der Waals surface area contributed by atoms with Crippen molar-refractivity contribution in [2.45, 2.75) is 31.7 Å². The normalized spacial score (nSPS) is 18.5. The maximum absolute atomic E-state index is 14.4. The lowest BCUT2D eigenvalue weighted by atomic mass is 9.83. The number of ether oxygens (including phenoxy) is 3. The van der Waals surface area contributed by atoms with Crippen LogP contribution < -0.4 is 14.8 Å². The molecule has 3 aromatic rings. The largest absolute Gasteiger partial charge is 0.497 e. The number of rotatable bonds is 7. The Labute approximate surface area is 205 Å². The summed E-state index contributed by atoms with van der Waals surface area (Å²) in [5.74, 6) is 1.40. The van der Waals surface area contributed by atoms with Crippen molar-refractivity contribution >= 4 is 11.7 Å². The molecule has 1 aliphatic heterocycles. The number of benzene rings is 3. The molecule has 182 valence electrons. The first-order valence-electron chi connectivity index (χ1n) is 12.0. The van der Waals surface area contributed by atoms with Gasteiger partial charge in [-0.3, -0.25) is 4.79 Å². The van der Waals surface area contributed by atoms with Gasteiger partial charge in [0.15, 0.2) is 0 Å². The van der Waals surface area contributed by atoms with Gasteiger partial charge in [-0.2, -0.15) is 0 Å². The van der Waals surface area contributed by atoms with E-state index < -0.39 is 0 Å². The number of anilines is 1. The number of halogens is 1. The highest BCUT2D eigenvalue weighted by Crippen LogP contribution is 2.48. The molecule has 0 amide bonds. The molecule has 0 radical (unpaired) electrons. The predicted octanol–water partition coefficient (Wildman–Crippen LogP) is 6.35. The summed E-state index contributed by atoms with van der Waals surface area (Å²) in [5, 5.41) is 3.60. The second kappa shape index (κ2) is 9.61. The molecule has 1 fully saturated rings. The first-order chi connectivity index (χ1) is 17.0. The maximum Gasteiger partial charge on any atom is 0.309 e. The summed E-state index contributed by atoms with van der Waals surface area (Å²) >= 11 is 0. The molecule has 0 spiro atoms. The molecule has 1 aliphatic carbocycles. The fourth-order valence-corrected chi connectivity index (χ4v) is 5.08. The van der Waals surface area contributed by atoms with E-state index >= 15 is 0 Å². The van der Waals surface area contributed by atoms with E-state index in [-0.39, 0.29) is 29.7 Å². The van der Waals surface area contributed by atoms with E-state index in [0.717, 1.165) is 41.0 Å². The summed E-state index contributed by atoms with van der Waals surface area (Å²) < 4.78 is 30.7. The number of carbonyl (C=O) groups is 1. The Balaban J connectivity index is 1.37. The first kappa shape index (κ1) is 23.2. The Bertz CT molecular complexity index is 1220. The van der Waals surface area contributed by atoms with Crippen LogP contribution >= 0.6 is 0 Å². The zero-order valence-corrected chi connectivity index (χ0v) is 20.2. The smallest absolute Gasteiger partial charge is 0.309 e. The molecule has 5 nitrogen and oxygen atoms in total. The van der Waals surface area contributed by atoms with Gasteiger partial charge in [-0.05, 0) is 71.7 Å². The van der Waals surface area contributed by atoms with E-state index in [0.29, 0.717) is 23.8 Å². The summed E-state index contributed by atoms with van der Waals surface area (Å²) in [7, 11) is 3.02. The van der Waals surface area contributed by atoms with Gasteiger partial charge in [-0.15, -0.1) is 0 Å². The molecule has 3 aromatic carbocycles. The number of methoxy groups -OCH3 is 2. The highest BCUT2D eigenvalue weighted by Gasteiger charge is 2.39. The van der Waals surface area contributed by atoms with Gasteiger partial charge in [0.05, 0.1) is 31.9 Å². The van der Waals surface area contributed by atoms with Gasteiger partial charge in [0, 0.05) is 5.56 Å². The lowest BCUT2D eigenvalue weighted by Gasteiger charge is -2.30. The summed E-state index contributed by atoms with van der Waals surface area (Å²) in [6.07, 6.45) is 2.27. The van der Waals surface area contributed by atoms with Crippen LogP contribution in [0.5, 0.6) is 11.5 Å². The Morgan fingerprint density at radius 1 is 1.06 bits per heavy atom. The van der Waals surface area contributed by atoms with Crippen LogP contribution in [-0.4, -0.2) is 26.8 Å². The maximum atomic E-state index is 14.4. The molecule has 35 heavy (non-hydrogen) atoms. The number of hydrogen-bond acceptors (Lipinski definition) is 5. The molecule has 0 saturated heterocycles. The Hall–Kier alpha value is -3.54. The van der Waals surface area contributed by atoms with Gasteiger partial charge in [0.25, 0.3) is 0 Å².